The molecule has 5 heteroatoms. The molecule has 0 saturated heterocycles. The number of hydrogen-bond donors (Lipinski definition) is 2. The Morgan fingerprint density at radius 1 is 1.45 bits per heavy atom. The van der Waals surface area contributed by atoms with Gasteiger partial charge >= 0.3 is 0 Å². The van der Waals surface area contributed by atoms with Crippen LogP contribution in [0.4, 0.5) is 0 Å². The smallest absolute Gasteiger partial charge is 0.137 e. The number of rotatable bonds is 6. The van der Waals surface area contributed by atoms with Crippen LogP contribution in [0.25, 0.3) is 5.65 Å². The summed E-state index contributed by atoms with van der Waals surface area (Å²) in [6.07, 6.45) is 3.91. The van der Waals surface area contributed by atoms with Gasteiger partial charge in [0.05, 0.1) is 17.5 Å². The number of fused-ring (bicyclic) bond motifs is 1. The molecule has 0 saturated carbocycles. The van der Waals surface area contributed by atoms with E-state index >= 15 is 0 Å². The molecule has 0 bridgehead atoms. The number of aliphatic hydroxyl groups is 1. The predicted molar refractivity (Wildman–Crippen MR) is 80.8 cm³/mol. The molecule has 110 valence electrons. The van der Waals surface area contributed by atoms with Crippen LogP contribution in [-0.2, 0) is 6.54 Å². The van der Waals surface area contributed by atoms with Gasteiger partial charge in [-0.1, -0.05) is 0 Å². The summed E-state index contributed by atoms with van der Waals surface area (Å²) in [6.45, 7) is 5.77. The molecule has 0 fully saturated rings. The summed E-state index contributed by atoms with van der Waals surface area (Å²) in [5.74, 6) is 0. The van der Waals surface area contributed by atoms with Gasteiger partial charge in [-0.25, -0.2) is 4.98 Å². The molecule has 2 aromatic heterocycles. The van der Waals surface area contributed by atoms with Crippen molar-refractivity contribution >= 4 is 5.65 Å². The Morgan fingerprint density at radius 3 is 2.90 bits per heavy atom. The second-order valence-corrected chi connectivity index (χ2v) is 6.02. The monoisotopic (exact) mass is 276 g/mol. The quantitative estimate of drug-likeness (QED) is 0.828. The maximum Gasteiger partial charge on any atom is 0.137 e. The molecule has 0 radical (unpaired) electrons. The van der Waals surface area contributed by atoms with Gasteiger partial charge in [0.2, 0.25) is 0 Å². The third kappa shape index (κ3) is 3.79. The van der Waals surface area contributed by atoms with Crippen LogP contribution in [0.1, 0.15) is 18.2 Å². The van der Waals surface area contributed by atoms with Crippen LogP contribution in [0, 0.1) is 6.92 Å². The number of pyridine rings is 1. The number of likely N-dealkylation sites (N-methyl/N-ethyl adjacent to an activating group) is 1. The summed E-state index contributed by atoms with van der Waals surface area (Å²) in [6, 6.07) is 4.13. The van der Waals surface area contributed by atoms with Gasteiger partial charge in [-0.3, -0.25) is 0 Å². The van der Waals surface area contributed by atoms with E-state index in [1.807, 2.05) is 38.3 Å². The third-order valence-corrected chi connectivity index (χ3v) is 3.21. The minimum absolute atomic E-state index is 0.546. The first-order valence-corrected chi connectivity index (χ1v) is 6.88. The largest absolute Gasteiger partial charge is 0.388 e. The first-order chi connectivity index (χ1) is 9.37. The zero-order chi connectivity index (χ0) is 14.8. The van der Waals surface area contributed by atoms with Crippen molar-refractivity contribution in [1.29, 1.82) is 0 Å². The first kappa shape index (κ1) is 15.0. The van der Waals surface area contributed by atoms with Gasteiger partial charge in [0.15, 0.2) is 0 Å². The highest BCUT2D eigenvalue weighted by molar-refractivity contribution is 5.42. The summed E-state index contributed by atoms with van der Waals surface area (Å²) < 4.78 is 2.07. The lowest BCUT2D eigenvalue weighted by molar-refractivity contribution is 0.0335. The van der Waals surface area contributed by atoms with E-state index in [0.29, 0.717) is 19.6 Å². The Morgan fingerprint density at radius 2 is 2.20 bits per heavy atom. The molecule has 5 nitrogen and oxygen atoms in total. The fraction of sp³-hybridized carbons (Fsp3) is 0.533. The summed E-state index contributed by atoms with van der Waals surface area (Å²) in [4.78, 5) is 6.38. The van der Waals surface area contributed by atoms with Crippen LogP contribution in [0.15, 0.2) is 24.5 Å². The molecular weight excluding hydrogens is 252 g/mol. The molecule has 1 atom stereocenters. The number of aryl methyl sites for hydroxylation is 1. The van der Waals surface area contributed by atoms with Crippen LogP contribution in [0.5, 0.6) is 0 Å². The standard InChI is InChI=1S/C15H24N4O/c1-12-5-6-19-13(9-17-14(19)7-12)8-16-10-15(2,20)11-18(3)4/h5-7,9,16,20H,8,10-11H2,1-4H3. The molecule has 0 aromatic carbocycles. The number of aromatic nitrogens is 2. The van der Waals surface area contributed by atoms with Gasteiger partial charge in [-0.15, -0.1) is 0 Å². The molecular formula is C15H24N4O. The Labute approximate surface area is 120 Å². The average Bonchev–Trinajstić information content (AvgIpc) is 2.69. The number of nitrogens with one attached hydrogen (secondary N) is 1. The number of imidazole rings is 1. The fourth-order valence-electron chi connectivity index (χ4n) is 2.46. The molecule has 0 aliphatic carbocycles. The topological polar surface area (TPSA) is 52.8 Å². The molecule has 2 N–H and O–H groups in total. The van der Waals surface area contributed by atoms with Crippen molar-refractivity contribution in [3.8, 4) is 0 Å². The molecule has 2 rings (SSSR count). The van der Waals surface area contributed by atoms with Crippen LogP contribution < -0.4 is 5.32 Å². The van der Waals surface area contributed by atoms with Crippen LogP contribution in [-0.4, -0.2) is 52.2 Å². The highest BCUT2D eigenvalue weighted by atomic mass is 16.3. The van der Waals surface area contributed by atoms with E-state index in [4.69, 9.17) is 0 Å². The van der Waals surface area contributed by atoms with E-state index < -0.39 is 5.60 Å². The Kier molecular flexibility index (Phi) is 4.42. The molecule has 0 aliphatic rings. The van der Waals surface area contributed by atoms with Gasteiger partial charge in [0.25, 0.3) is 0 Å². The second-order valence-electron chi connectivity index (χ2n) is 6.02. The molecule has 0 amide bonds. The lowest BCUT2D eigenvalue weighted by Crippen LogP contribution is -2.45. The van der Waals surface area contributed by atoms with Crippen molar-refractivity contribution in [1.82, 2.24) is 19.6 Å². The minimum Gasteiger partial charge on any atom is -0.388 e. The van der Waals surface area contributed by atoms with E-state index in [0.717, 1.165) is 11.3 Å². The van der Waals surface area contributed by atoms with E-state index in [-0.39, 0.29) is 0 Å². The maximum atomic E-state index is 10.2. The molecule has 2 aromatic rings. The van der Waals surface area contributed by atoms with Crippen molar-refractivity contribution in [2.75, 3.05) is 27.2 Å². The van der Waals surface area contributed by atoms with E-state index in [1.165, 1.54) is 5.56 Å². The van der Waals surface area contributed by atoms with E-state index in [1.54, 1.807) is 0 Å². The van der Waals surface area contributed by atoms with Gasteiger partial charge < -0.3 is 19.7 Å². The summed E-state index contributed by atoms with van der Waals surface area (Å²) in [5.41, 5.74) is 2.53. The van der Waals surface area contributed by atoms with Gasteiger partial charge in [-0.2, -0.15) is 0 Å². The van der Waals surface area contributed by atoms with Crippen molar-refractivity contribution < 1.29 is 5.11 Å². The molecule has 20 heavy (non-hydrogen) atoms. The predicted octanol–water partition coefficient (Wildman–Crippen LogP) is 1.04. The molecule has 0 aliphatic heterocycles. The van der Waals surface area contributed by atoms with Crippen LogP contribution in [0.2, 0.25) is 0 Å². The van der Waals surface area contributed by atoms with Gasteiger partial charge in [0.1, 0.15) is 5.65 Å². The number of nitrogens with zero attached hydrogens (tertiary/aromatic N) is 3. The third-order valence-electron chi connectivity index (χ3n) is 3.21. The average molecular weight is 276 g/mol. The number of hydrogen-bond acceptors (Lipinski definition) is 4. The van der Waals surface area contributed by atoms with Crippen molar-refractivity contribution in [2.45, 2.75) is 26.0 Å². The highest BCUT2D eigenvalue weighted by Crippen LogP contribution is 2.09. The van der Waals surface area contributed by atoms with E-state index in [2.05, 4.69) is 33.8 Å². The van der Waals surface area contributed by atoms with E-state index in [9.17, 15) is 5.11 Å². The summed E-state index contributed by atoms with van der Waals surface area (Å²) in [5, 5.41) is 13.5. The molecule has 0 spiro atoms. The van der Waals surface area contributed by atoms with Crippen LogP contribution in [0.3, 0.4) is 0 Å². The van der Waals surface area contributed by atoms with Gasteiger partial charge in [0, 0.05) is 25.8 Å². The molecule has 2 heterocycles. The summed E-state index contributed by atoms with van der Waals surface area (Å²) >= 11 is 0. The zero-order valence-corrected chi connectivity index (χ0v) is 12.7. The zero-order valence-electron chi connectivity index (χ0n) is 12.7. The lowest BCUT2D eigenvalue weighted by atomic mass is 10.1. The van der Waals surface area contributed by atoms with Crippen molar-refractivity contribution in [3.05, 3.63) is 35.8 Å². The summed E-state index contributed by atoms with van der Waals surface area (Å²) in [7, 11) is 3.92. The normalized spacial score (nSPS) is 14.9. The maximum absolute atomic E-state index is 10.2. The van der Waals surface area contributed by atoms with Crippen molar-refractivity contribution in [2.24, 2.45) is 0 Å². The van der Waals surface area contributed by atoms with Gasteiger partial charge in [-0.05, 0) is 45.6 Å². The molecule has 1 unspecified atom stereocenters. The fourth-order valence-corrected chi connectivity index (χ4v) is 2.46. The Hall–Kier alpha value is -1.43. The lowest BCUT2D eigenvalue weighted by Gasteiger charge is -2.27. The van der Waals surface area contributed by atoms with Crippen LogP contribution >= 0.6 is 0 Å². The Balaban J connectivity index is 1.96. The highest BCUT2D eigenvalue weighted by Gasteiger charge is 2.20. The minimum atomic E-state index is -0.736. The SMILES string of the molecule is Cc1ccn2c(CNCC(C)(O)CN(C)C)cnc2c1. The van der Waals surface area contributed by atoms with Crippen molar-refractivity contribution in [3.63, 3.8) is 0 Å². The Bertz CT molecular complexity index is 574. The first-order valence-electron chi connectivity index (χ1n) is 6.88. The second kappa shape index (κ2) is 5.91.